The van der Waals surface area contributed by atoms with Crippen molar-refractivity contribution in [3.05, 3.63) is 34.3 Å². The second-order valence-corrected chi connectivity index (χ2v) is 6.34. The Balaban J connectivity index is 0.00000264. The van der Waals surface area contributed by atoms with E-state index in [1.807, 2.05) is 24.3 Å². The van der Waals surface area contributed by atoms with Crippen LogP contribution in [0.25, 0.3) is 0 Å². The van der Waals surface area contributed by atoms with Gasteiger partial charge >= 0.3 is 5.97 Å². The Morgan fingerprint density at radius 3 is 2.70 bits per heavy atom. The molecule has 0 bridgehead atoms. The number of nitrogens with one attached hydrogen (secondary N) is 2. The van der Waals surface area contributed by atoms with E-state index in [2.05, 4.69) is 26.6 Å². The summed E-state index contributed by atoms with van der Waals surface area (Å²) < 4.78 is 5.66. The Bertz CT molecular complexity index is 536. The smallest absolute Gasteiger partial charge is 0.307 e. The highest BCUT2D eigenvalue weighted by Crippen LogP contribution is 2.23. The third kappa shape index (κ3) is 6.12. The standard InChI is InChI=1S/C16H21BrN2O3.ClH/c1-22-15(20)10-14(12-3-2-4-13(17)9-12)19-16(21)11-5-7-18-8-6-11;/h2-4,9,11,14,18H,5-8,10H2,1H3,(H,19,21);1H. The first-order valence-electron chi connectivity index (χ1n) is 7.43. The van der Waals surface area contributed by atoms with E-state index in [1.165, 1.54) is 7.11 Å². The maximum Gasteiger partial charge on any atom is 0.307 e. The zero-order valence-corrected chi connectivity index (χ0v) is 15.4. The van der Waals surface area contributed by atoms with Crippen molar-refractivity contribution in [2.24, 2.45) is 5.92 Å². The molecule has 1 saturated heterocycles. The monoisotopic (exact) mass is 404 g/mol. The number of piperidine rings is 1. The summed E-state index contributed by atoms with van der Waals surface area (Å²) in [5.74, 6) is -0.320. The molecule has 1 atom stereocenters. The van der Waals surface area contributed by atoms with E-state index in [0.717, 1.165) is 36.0 Å². The van der Waals surface area contributed by atoms with Gasteiger partial charge in [-0.3, -0.25) is 9.59 Å². The largest absolute Gasteiger partial charge is 0.469 e. The molecule has 0 radical (unpaired) electrons. The number of carbonyl (C=O) groups is 2. The molecule has 2 rings (SSSR count). The van der Waals surface area contributed by atoms with Crippen molar-refractivity contribution in [3.8, 4) is 0 Å². The van der Waals surface area contributed by atoms with E-state index >= 15 is 0 Å². The van der Waals surface area contributed by atoms with Crippen LogP contribution in [0.1, 0.15) is 30.9 Å². The average Bonchev–Trinajstić information content (AvgIpc) is 2.54. The van der Waals surface area contributed by atoms with Crippen molar-refractivity contribution >= 4 is 40.2 Å². The number of methoxy groups -OCH3 is 1. The molecule has 1 aromatic carbocycles. The molecule has 0 aliphatic carbocycles. The Morgan fingerprint density at radius 2 is 2.09 bits per heavy atom. The Labute approximate surface area is 151 Å². The number of halogens is 2. The molecular weight excluding hydrogens is 384 g/mol. The number of rotatable bonds is 5. The highest BCUT2D eigenvalue weighted by Gasteiger charge is 2.25. The fraction of sp³-hybridized carbons (Fsp3) is 0.500. The fourth-order valence-corrected chi connectivity index (χ4v) is 3.02. The minimum atomic E-state index is -0.368. The van der Waals surface area contributed by atoms with Gasteiger partial charge < -0.3 is 15.4 Å². The highest BCUT2D eigenvalue weighted by molar-refractivity contribution is 9.10. The van der Waals surface area contributed by atoms with Crippen LogP contribution in [0.5, 0.6) is 0 Å². The van der Waals surface area contributed by atoms with Gasteiger partial charge in [0.2, 0.25) is 5.91 Å². The van der Waals surface area contributed by atoms with Gasteiger partial charge in [0.25, 0.3) is 0 Å². The van der Waals surface area contributed by atoms with Crippen molar-refractivity contribution < 1.29 is 14.3 Å². The van der Waals surface area contributed by atoms with Crippen LogP contribution in [-0.2, 0) is 14.3 Å². The normalized spacial score (nSPS) is 16.1. The van der Waals surface area contributed by atoms with Crippen LogP contribution in [0.2, 0.25) is 0 Å². The van der Waals surface area contributed by atoms with E-state index in [0.29, 0.717) is 0 Å². The van der Waals surface area contributed by atoms with E-state index < -0.39 is 0 Å². The number of carbonyl (C=O) groups excluding carboxylic acids is 2. The maximum absolute atomic E-state index is 12.4. The number of hydrogen-bond donors (Lipinski definition) is 2. The van der Waals surface area contributed by atoms with E-state index in [1.54, 1.807) is 0 Å². The lowest BCUT2D eigenvalue weighted by Gasteiger charge is -2.25. The van der Waals surface area contributed by atoms with Crippen molar-refractivity contribution in [1.29, 1.82) is 0 Å². The van der Waals surface area contributed by atoms with Crippen LogP contribution in [0.3, 0.4) is 0 Å². The molecule has 1 fully saturated rings. The first-order chi connectivity index (χ1) is 10.6. The summed E-state index contributed by atoms with van der Waals surface area (Å²) in [6.07, 6.45) is 1.79. The molecule has 1 aliphatic rings. The van der Waals surface area contributed by atoms with Gasteiger partial charge in [0.15, 0.2) is 0 Å². The zero-order valence-electron chi connectivity index (χ0n) is 13.0. The second-order valence-electron chi connectivity index (χ2n) is 5.42. The second kappa shape index (κ2) is 9.90. The van der Waals surface area contributed by atoms with Crippen LogP contribution < -0.4 is 10.6 Å². The third-order valence-corrected chi connectivity index (χ3v) is 4.37. The summed E-state index contributed by atoms with van der Waals surface area (Å²) >= 11 is 3.42. The van der Waals surface area contributed by atoms with Gasteiger partial charge in [0.1, 0.15) is 0 Å². The topological polar surface area (TPSA) is 67.4 Å². The van der Waals surface area contributed by atoms with E-state index in [9.17, 15) is 9.59 Å². The lowest BCUT2D eigenvalue weighted by molar-refractivity contribution is -0.141. The van der Waals surface area contributed by atoms with Gasteiger partial charge in [-0.05, 0) is 43.6 Å². The molecule has 1 heterocycles. The molecule has 1 unspecified atom stereocenters. The van der Waals surface area contributed by atoms with Crippen LogP contribution in [0, 0.1) is 5.92 Å². The van der Waals surface area contributed by atoms with Gasteiger partial charge in [-0.1, -0.05) is 28.1 Å². The lowest BCUT2D eigenvalue weighted by atomic mass is 9.95. The van der Waals surface area contributed by atoms with Crippen molar-refractivity contribution in [2.45, 2.75) is 25.3 Å². The third-order valence-electron chi connectivity index (χ3n) is 3.88. The number of amides is 1. The first-order valence-corrected chi connectivity index (χ1v) is 8.23. The summed E-state index contributed by atoms with van der Waals surface area (Å²) in [7, 11) is 1.36. The summed E-state index contributed by atoms with van der Waals surface area (Å²) in [5, 5.41) is 6.25. The van der Waals surface area contributed by atoms with Crippen LogP contribution in [0.15, 0.2) is 28.7 Å². The number of esters is 1. The number of ether oxygens (including phenoxy) is 1. The molecule has 1 aromatic rings. The molecule has 5 nitrogen and oxygen atoms in total. The molecule has 0 saturated carbocycles. The summed E-state index contributed by atoms with van der Waals surface area (Å²) in [6.45, 7) is 1.72. The Hall–Kier alpha value is -1.11. The van der Waals surface area contributed by atoms with E-state index in [4.69, 9.17) is 4.74 Å². The summed E-state index contributed by atoms with van der Waals surface area (Å²) in [6, 6.07) is 7.25. The van der Waals surface area contributed by atoms with Gasteiger partial charge in [-0.15, -0.1) is 12.4 Å². The molecule has 2 N–H and O–H groups in total. The quantitative estimate of drug-likeness (QED) is 0.739. The molecule has 7 heteroatoms. The van der Waals surface area contributed by atoms with Crippen molar-refractivity contribution in [2.75, 3.05) is 20.2 Å². The lowest BCUT2D eigenvalue weighted by Crippen LogP contribution is -2.40. The molecule has 128 valence electrons. The molecule has 1 amide bonds. The van der Waals surface area contributed by atoms with Crippen LogP contribution in [-0.4, -0.2) is 32.1 Å². The Kier molecular flexibility index (Phi) is 8.58. The Morgan fingerprint density at radius 1 is 1.39 bits per heavy atom. The molecule has 0 spiro atoms. The SMILES string of the molecule is COC(=O)CC(NC(=O)C1CCNCC1)c1cccc(Br)c1.Cl. The number of hydrogen-bond acceptors (Lipinski definition) is 4. The zero-order chi connectivity index (χ0) is 15.9. The highest BCUT2D eigenvalue weighted by atomic mass is 79.9. The van der Waals surface area contributed by atoms with Gasteiger partial charge in [0.05, 0.1) is 19.6 Å². The maximum atomic E-state index is 12.4. The summed E-state index contributed by atoms with van der Waals surface area (Å²) in [5.41, 5.74) is 0.891. The van der Waals surface area contributed by atoms with E-state index in [-0.39, 0.29) is 42.7 Å². The molecule has 23 heavy (non-hydrogen) atoms. The summed E-state index contributed by atoms with van der Waals surface area (Å²) in [4.78, 5) is 24.1. The predicted octanol–water partition coefficient (Wildman–Crippen LogP) is 2.59. The van der Waals surface area contributed by atoms with Crippen molar-refractivity contribution in [1.82, 2.24) is 10.6 Å². The molecular formula is C16H22BrClN2O3. The molecule has 1 aliphatic heterocycles. The minimum Gasteiger partial charge on any atom is -0.469 e. The number of benzene rings is 1. The first kappa shape index (κ1) is 19.9. The van der Waals surface area contributed by atoms with Gasteiger partial charge in [0, 0.05) is 10.4 Å². The van der Waals surface area contributed by atoms with Crippen molar-refractivity contribution in [3.63, 3.8) is 0 Å². The fourth-order valence-electron chi connectivity index (χ4n) is 2.60. The van der Waals surface area contributed by atoms with Crippen LogP contribution in [0.4, 0.5) is 0 Å². The predicted molar refractivity (Wildman–Crippen MR) is 94.5 cm³/mol. The van der Waals surface area contributed by atoms with Gasteiger partial charge in [-0.2, -0.15) is 0 Å². The molecule has 0 aromatic heterocycles. The average molecular weight is 406 g/mol. The van der Waals surface area contributed by atoms with Crippen LogP contribution >= 0.6 is 28.3 Å². The minimum absolute atomic E-state index is 0. The van der Waals surface area contributed by atoms with Gasteiger partial charge in [-0.25, -0.2) is 0 Å².